The van der Waals surface area contributed by atoms with Gasteiger partial charge in [0, 0.05) is 0 Å². The molecule has 1 heterocycles. The molecule has 1 saturated heterocycles. The average molecular weight is 211 g/mol. The van der Waals surface area contributed by atoms with Crippen molar-refractivity contribution in [1.82, 2.24) is 0 Å². The summed E-state index contributed by atoms with van der Waals surface area (Å²) in [4.78, 5) is 0. The molecule has 0 aromatic heterocycles. The molecule has 1 aliphatic heterocycles. The van der Waals surface area contributed by atoms with Crippen molar-refractivity contribution in [2.45, 2.75) is 31.4 Å². The zero-order valence-electron chi connectivity index (χ0n) is 7.80. The van der Waals surface area contributed by atoms with Crippen molar-refractivity contribution < 1.29 is 0 Å². The Morgan fingerprint density at radius 2 is 1.54 bits per heavy atom. The molecule has 0 aliphatic carbocycles. The molecule has 1 aromatic carbocycles. The van der Waals surface area contributed by atoms with Gasteiger partial charge in [-0.05, 0) is 17.3 Å². The van der Waals surface area contributed by atoms with Crippen LogP contribution in [0.15, 0.2) is 30.3 Å². The van der Waals surface area contributed by atoms with Crippen LogP contribution in [0, 0.1) is 0 Å². The normalized spacial score (nSPS) is 21.3. The molecule has 1 aliphatic rings. The van der Waals surface area contributed by atoms with E-state index < -0.39 is 7.38 Å². The molecule has 0 saturated carbocycles. The number of hydrogen-bond acceptors (Lipinski definition) is 0. The third-order valence-electron chi connectivity index (χ3n) is 2.94. The predicted octanol–water partition coefficient (Wildman–Crippen LogP) is 3.26. The molecule has 2 rings (SSSR count). The first-order valence-corrected chi connectivity index (χ1v) is 8.48. The zero-order chi connectivity index (χ0) is 9.15. The minimum atomic E-state index is -1.54. The van der Waals surface area contributed by atoms with E-state index in [2.05, 4.69) is 30.3 Å². The van der Waals surface area contributed by atoms with Crippen molar-refractivity contribution in [2.24, 2.45) is 0 Å². The molecule has 0 bridgehead atoms. The Hall–Kier alpha value is -0.273. The second-order valence-corrected chi connectivity index (χ2v) is 9.57. The molecule has 1 fully saturated rings. The Morgan fingerprint density at radius 3 is 2.15 bits per heavy atom. The van der Waals surface area contributed by atoms with Gasteiger partial charge in [0.15, 0.2) is 7.38 Å². The lowest BCUT2D eigenvalue weighted by atomic mass is 10.3. The highest BCUT2D eigenvalue weighted by molar-refractivity contribution is 7.27. The summed E-state index contributed by atoms with van der Waals surface area (Å²) in [7, 11) is -1.54. The molecule has 0 atom stereocenters. The van der Waals surface area contributed by atoms with Gasteiger partial charge in [-0.15, -0.1) is 0 Å². The first-order chi connectivity index (χ1) is 6.31. The molecule has 0 unspecified atom stereocenters. The van der Waals surface area contributed by atoms with Crippen molar-refractivity contribution >= 4 is 23.6 Å². The fourth-order valence-electron chi connectivity index (χ4n) is 2.14. The van der Waals surface area contributed by atoms with E-state index in [1.165, 1.54) is 36.5 Å². The minimum Gasteiger partial charge on any atom is -0.161 e. The van der Waals surface area contributed by atoms with Crippen LogP contribution in [0.4, 0.5) is 0 Å². The van der Waals surface area contributed by atoms with E-state index in [-0.39, 0.29) is 0 Å². The van der Waals surface area contributed by atoms with E-state index in [1.807, 2.05) is 0 Å². The Balaban J connectivity index is 2.23. The monoisotopic (exact) mass is 210 g/mol. The maximum Gasteiger partial charge on any atom is 0.186 e. The summed E-state index contributed by atoms with van der Waals surface area (Å²) in [5.74, 6) is 0. The average Bonchev–Trinajstić information content (AvgIpc) is 2.20. The van der Waals surface area contributed by atoms with Crippen LogP contribution in [0.25, 0.3) is 0 Å². The van der Waals surface area contributed by atoms with Crippen LogP contribution >= 0.6 is 11.1 Å². The van der Waals surface area contributed by atoms with E-state index in [9.17, 15) is 0 Å². The lowest BCUT2D eigenvalue weighted by Gasteiger charge is -2.28. The Bertz CT molecular complexity index is 265. The van der Waals surface area contributed by atoms with E-state index in [0.29, 0.717) is 0 Å². The van der Waals surface area contributed by atoms with E-state index >= 15 is 0 Å². The van der Waals surface area contributed by atoms with Crippen LogP contribution in [0.1, 0.15) is 19.3 Å². The molecule has 0 nitrogen and oxygen atoms in total. The molecule has 0 amide bonds. The SMILES string of the molecule is Cl[Si]1(c2ccccc2)CCCCC1. The molecule has 0 spiro atoms. The summed E-state index contributed by atoms with van der Waals surface area (Å²) >= 11 is 6.74. The highest BCUT2D eigenvalue weighted by atomic mass is 35.6. The van der Waals surface area contributed by atoms with Gasteiger partial charge in [-0.1, -0.05) is 49.6 Å². The maximum atomic E-state index is 6.74. The summed E-state index contributed by atoms with van der Waals surface area (Å²) in [6, 6.07) is 13.3. The molecule has 2 heteroatoms. The van der Waals surface area contributed by atoms with Gasteiger partial charge >= 0.3 is 0 Å². The van der Waals surface area contributed by atoms with Crippen molar-refractivity contribution in [3.63, 3.8) is 0 Å². The summed E-state index contributed by atoms with van der Waals surface area (Å²) in [6.45, 7) is 0. The number of benzene rings is 1. The molecule has 0 radical (unpaired) electrons. The first kappa shape index (κ1) is 9.29. The highest BCUT2D eigenvalue weighted by Gasteiger charge is 2.34. The van der Waals surface area contributed by atoms with Gasteiger partial charge in [0.05, 0.1) is 0 Å². The number of rotatable bonds is 1. The largest absolute Gasteiger partial charge is 0.186 e. The fraction of sp³-hybridized carbons (Fsp3) is 0.455. The van der Waals surface area contributed by atoms with E-state index in [0.717, 1.165) is 0 Å². The summed E-state index contributed by atoms with van der Waals surface area (Å²) in [6.07, 6.45) is 4.06. The van der Waals surface area contributed by atoms with Crippen LogP contribution in [-0.2, 0) is 0 Å². The Labute approximate surface area is 85.6 Å². The van der Waals surface area contributed by atoms with Crippen LogP contribution in [-0.4, -0.2) is 7.38 Å². The summed E-state index contributed by atoms with van der Waals surface area (Å²) in [5.41, 5.74) is 0. The second-order valence-electron chi connectivity index (χ2n) is 3.89. The third kappa shape index (κ3) is 1.97. The van der Waals surface area contributed by atoms with Crippen molar-refractivity contribution in [2.75, 3.05) is 0 Å². The van der Waals surface area contributed by atoms with Crippen LogP contribution < -0.4 is 5.19 Å². The second kappa shape index (κ2) is 3.85. The van der Waals surface area contributed by atoms with Crippen molar-refractivity contribution in [3.8, 4) is 0 Å². The molecule has 0 N–H and O–H groups in total. The third-order valence-corrected chi connectivity index (χ3v) is 8.39. The van der Waals surface area contributed by atoms with Crippen LogP contribution in [0.3, 0.4) is 0 Å². The first-order valence-electron chi connectivity index (χ1n) is 5.06. The van der Waals surface area contributed by atoms with Crippen molar-refractivity contribution in [3.05, 3.63) is 30.3 Å². The quantitative estimate of drug-likeness (QED) is 0.493. The Kier molecular flexibility index (Phi) is 2.75. The number of hydrogen-bond donors (Lipinski definition) is 0. The molecule has 1 aromatic rings. The van der Waals surface area contributed by atoms with Crippen LogP contribution in [0.2, 0.25) is 12.1 Å². The van der Waals surface area contributed by atoms with Crippen LogP contribution in [0.5, 0.6) is 0 Å². The lowest BCUT2D eigenvalue weighted by Crippen LogP contribution is -2.43. The number of halogens is 1. The van der Waals surface area contributed by atoms with Gasteiger partial charge < -0.3 is 0 Å². The predicted molar refractivity (Wildman–Crippen MR) is 61.1 cm³/mol. The molecular formula is C11H15ClSi. The van der Waals surface area contributed by atoms with Crippen molar-refractivity contribution in [1.29, 1.82) is 0 Å². The maximum absolute atomic E-state index is 6.74. The van der Waals surface area contributed by atoms with Gasteiger partial charge in [0.1, 0.15) is 0 Å². The minimum absolute atomic E-state index is 1.28. The van der Waals surface area contributed by atoms with Gasteiger partial charge in [0.2, 0.25) is 0 Å². The highest BCUT2D eigenvalue weighted by Crippen LogP contribution is 2.31. The smallest absolute Gasteiger partial charge is 0.161 e. The Morgan fingerprint density at radius 1 is 0.923 bits per heavy atom. The summed E-state index contributed by atoms with van der Waals surface area (Å²) in [5, 5.41) is 1.44. The topological polar surface area (TPSA) is 0 Å². The molecular weight excluding hydrogens is 196 g/mol. The standard InChI is InChI=1S/C11H15ClSi/c12-13(9-5-2-6-10-13)11-7-3-1-4-8-11/h1,3-4,7-8H,2,5-6,9-10H2. The van der Waals surface area contributed by atoms with Gasteiger partial charge in [-0.2, -0.15) is 11.1 Å². The van der Waals surface area contributed by atoms with Gasteiger partial charge in [-0.25, -0.2) is 0 Å². The van der Waals surface area contributed by atoms with E-state index in [1.54, 1.807) is 0 Å². The van der Waals surface area contributed by atoms with Gasteiger partial charge in [0.25, 0.3) is 0 Å². The van der Waals surface area contributed by atoms with E-state index in [4.69, 9.17) is 11.1 Å². The lowest BCUT2D eigenvalue weighted by molar-refractivity contribution is 0.724. The molecule has 13 heavy (non-hydrogen) atoms. The zero-order valence-corrected chi connectivity index (χ0v) is 9.56. The fourth-order valence-corrected chi connectivity index (χ4v) is 6.56. The summed E-state index contributed by atoms with van der Waals surface area (Å²) < 4.78 is 0. The molecule has 70 valence electrons. The van der Waals surface area contributed by atoms with Gasteiger partial charge in [-0.3, -0.25) is 0 Å².